The minimum Gasteiger partial charge on any atom is -0.396 e. The largest absolute Gasteiger partial charge is 0.396 e. The topological polar surface area (TPSA) is 61.7 Å². The Labute approximate surface area is 108 Å². The third kappa shape index (κ3) is 1.89. The van der Waals surface area contributed by atoms with Crippen LogP contribution < -0.4 is 5.73 Å². The molecule has 5 heteroatoms. The first kappa shape index (κ1) is 12.7. The summed E-state index contributed by atoms with van der Waals surface area (Å²) < 4.78 is 3.77. The smallest absolute Gasteiger partial charge is 0.119 e. The van der Waals surface area contributed by atoms with E-state index in [-0.39, 0.29) is 5.54 Å². The van der Waals surface area contributed by atoms with E-state index in [0.29, 0.717) is 5.69 Å². The molecule has 0 fully saturated rings. The highest BCUT2D eigenvalue weighted by Gasteiger charge is 2.21. The van der Waals surface area contributed by atoms with Crippen LogP contribution in [0, 0.1) is 13.8 Å². The standard InChI is InChI=1S/C13H21N5/c1-8-11(9(2)17(6)15-8)12-10(14)7-18(16-12)13(3,4)5/h7H,14H2,1-6H3. The first-order valence-corrected chi connectivity index (χ1v) is 6.08. The second-order valence-electron chi connectivity index (χ2n) is 5.72. The van der Waals surface area contributed by atoms with Gasteiger partial charge in [-0.15, -0.1) is 0 Å². The molecule has 0 saturated heterocycles. The van der Waals surface area contributed by atoms with Gasteiger partial charge >= 0.3 is 0 Å². The van der Waals surface area contributed by atoms with Gasteiger partial charge in [0.1, 0.15) is 5.69 Å². The van der Waals surface area contributed by atoms with Crippen molar-refractivity contribution in [1.29, 1.82) is 0 Å². The van der Waals surface area contributed by atoms with E-state index in [0.717, 1.165) is 22.6 Å². The lowest BCUT2D eigenvalue weighted by molar-refractivity contribution is 0.356. The average molecular weight is 247 g/mol. The Balaban J connectivity index is 2.62. The van der Waals surface area contributed by atoms with Crippen LogP contribution in [0.3, 0.4) is 0 Å². The van der Waals surface area contributed by atoms with Crippen LogP contribution in [0.5, 0.6) is 0 Å². The van der Waals surface area contributed by atoms with Gasteiger partial charge in [0.15, 0.2) is 0 Å². The Bertz CT molecular complexity index is 583. The monoisotopic (exact) mass is 247 g/mol. The summed E-state index contributed by atoms with van der Waals surface area (Å²) in [5, 5.41) is 9.04. The van der Waals surface area contributed by atoms with Crippen molar-refractivity contribution in [2.24, 2.45) is 7.05 Å². The van der Waals surface area contributed by atoms with Crippen LogP contribution >= 0.6 is 0 Å². The van der Waals surface area contributed by atoms with E-state index in [2.05, 4.69) is 31.0 Å². The van der Waals surface area contributed by atoms with E-state index in [1.807, 2.05) is 36.5 Å². The lowest BCUT2D eigenvalue weighted by Gasteiger charge is -2.18. The highest BCUT2D eigenvalue weighted by atomic mass is 15.3. The second kappa shape index (κ2) is 3.86. The molecule has 0 aliphatic rings. The number of anilines is 1. The van der Waals surface area contributed by atoms with E-state index in [9.17, 15) is 0 Å². The molecule has 2 heterocycles. The zero-order valence-electron chi connectivity index (χ0n) is 11.9. The molecule has 0 atom stereocenters. The molecule has 0 bridgehead atoms. The zero-order valence-corrected chi connectivity index (χ0v) is 11.9. The van der Waals surface area contributed by atoms with E-state index < -0.39 is 0 Å². The number of nitrogen functional groups attached to an aromatic ring is 1. The second-order valence-corrected chi connectivity index (χ2v) is 5.72. The molecule has 5 nitrogen and oxygen atoms in total. The van der Waals surface area contributed by atoms with Gasteiger partial charge in [-0.05, 0) is 34.6 Å². The van der Waals surface area contributed by atoms with Gasteiger partial charge in [-0.2, -0.15) is 10.2 Å². The molecule has 0 saturated carbocycles. The molecule has 2 aromatic heterocycles. The fourth-order valence-electron chi connectivity index (χ4n) is 2.04. The van der Waals surface area contributed by atoms with Crippen LogP contribution in [-0.4, -0.2) is 19.6 Å². The highest BCUT2D eigenvalue weighted by molar-refractivity contribution is 5.75. The fraction of sp³-hybridized carbons (Fsp3) is 0.538. The predicted molar refractivity (Wildman–Crippen MR) is 73.3 cm³/mol. The van der Waals surface area contributed by atoms with Crippen LogP contribution in [0.4, 0.5) is 5.69 Å². The number of aryl methyl sites for hydroxylation is 2. The van der Waals surface area contributed by atoms with Gasteiger partial charge in [0, 0.05) is 24.5 Å². The van der Waals surface area contributed by atoms with Crippen LogP contribution in [-0.2, 0) is 12.6 Å². The number of nitrogens with two attached hydrogens (primary N) is 1. The lowest BCUT2D eigenvalue weighted by atomic mass is 10.1. The molecule has 0 aliphatic carbocycles. The first-order valence-electron chi connectivity index (χ1n) is 6.08. The van der Waals surface area contributed by atoms with Crippen molar-refractivity contribution in [2.45, 2.75) is 40.2 Å². The van der Waals surface area contributed by atoms with E-state index in [4.69, 9.17) is 5.73 Å². The molecule has 0 aliphatic heterocycles. The van der Waals surface area contributed by atoms with Gasteiger partial charge in [-0.3, -0.25) is 9.36 Å². The molecule has 0 spiro atoms. The van der Waals surface area contributed by atoms with Gasteiger partial charge in [0.25, 0.3) is 0 Å². The van der Waals surface area contributed by atoms with E-state index in [1.54, 1.807) is 0 Å². The summed E-state index contributed by atoms with van der Waals surface area (Å²) in [4.78, 5) is 0. The van der Waals surface area contributed by atoms with Gasteiger partial charge in [-0.25, -0.2) is 0 Å². The summed E-state index contributed by atoms with van der Waals surface area (Å²) in [6.45, 7) is 10.3. The predicted octanol–water partition coefficient (Wildman–Crippen LogP) is 2.24. The molecule has 2 N–H and O–H groups in total. The van der Waals surface area contributed by atoms with Crippen LogP contribution in [0.15, 0.2) is 6.20 Å². The molecule has 98 valence electrons. The minimum absolute atomic E-state index is 0.0730. The SMILES string of the molecule is Cc1nn(C)c(C)c1-c1nn(C(C)(C)C)cc1N. The van der Waals surface area contributed by atoms with Gasteiger partial charge in [0.2, 0.25) is 0 Å². The average Bonchev–Trinajstić information content (AvgIpc) is 2.70. The van der Waals surface area contributed by atoms with Crippen molar-refractivity contribution in [3.8, 4) is 11.3 Å². The first-order chi connectivity index (χ1) is 8.21. The van der Waals surface area contributed by atoms with Crippen LogP contribution in [0.2, 0.25) is 0 Å². The Morgan fingerprint density at radius 3 is 2.17 bits per heavy atom. The van der Waals surface area contributed by atoms with Gasteiger partial charge < -0.3 is 5.73 Å². The van der Waals surface area contributed by atoms with Gasteiger partial charge in [0.05, 0.1) is 16.9 Å². The Morgan fingerprint density at radius 1 is 1.17 bits per heavy atom. The summed E-state index contributed by atoms with van der Waals surface area (Å²) in [6.07, 6.45) is 1.89. The highest BCUT2D eigenvalue weighted by Crippen LogP contribution is 2.31. The fourth-order valence-corrected chi connectivity index (χ4v) is 2.04. The quantitative estimate of drug-likeness (QED) is 0.840. The molecule has 0 unspecified atom stereocenters. The van der Waals surface area contributed by atoms with Crippen molar-refractivity contribution in [3.05, 3.63) is 17.6 Å². The van der Waals surface area contributed by atoms with Crippen LogP contribution in [0.1, 0.15) is 32.2 Å². The summed E-state index contributed by atoms with van der Waals surface area (Å²) >= 11 is 0. The molecule has 0 amide bonds. The number of hydrogen-bond donors (Lipinski definition) is 1. The Morgan fingerprint density at radius 2 is 1.78 bits per heavy atom. The minimum atomic E-state index is -0.0730. The zero-order chi connectivity index (χ0) is 13.7. The van der Waals surface area contributed by atoms with Crippen molar-refractivity contribution < 1.29 is 0 Å². The number of nitrogens with zero attached hydrogens (tertiary/aromatic N) is 4. The third-order valence-corrected chi connectivity index (χ3v) is 3.18. The molecule has 0 radical (unpaired) electrons. The maximum Gasteiger partial charge on any atom is 0.119 e. The van der Waals surface area contributed by atoms with Crippen molar-refractivity contribution in [3.63, 3.8) is 0 Å². The molecule has 2 aromatic rings. The summed E-state index contributed by atoms with van der Waals surface area (Å²) in [6, 6.07) is 0. The Kier molecular flexibility index (Phi) is 2.72. The van der Waals surface area contributed by atoms with Crippen LogP contribution in [0.25, 0.3) is 11.3 Å². The maximum absolute atomic E-state index is 6.10. The molecule has 2 rings (SSSR count). The molecule has 0 aromatic carbocycles. The molecular formula is C13H21N5. The third-order valence-electron chi connectivity index (χ3n) is 3.18. The molecular weight excluding hydrogens is 226 g/mol. The summed E-state index contributed by atoms with van der Waals surface area (Å²) in [5.74, 6) is 0. The van der Waals surface area contributed by atoms with Gasteiger partial charge in [-0.1, -0.05) is 0 Å². The molecule has 18 heavy (non-hydrogen) atoms. The van der Waals surface area contributed by atoms with E-state index >= 15 is 0 Å². The Hall–Kier alpha value is -1.78. The lowest BCUT2D eigenvalue weighted by Crippen LogP contribution is -2.22. The number of aromatic nitrogens is 4. The normalized spacial score (nSPS) is 12.1. The summed E-state index contributed by atoms with van der Waals surface area (Å²) in [5.41, 5.74) is 10.6. The maximum atomic E-state index is 6.10. The van der Waals surface area contributed by atoms with E-state index in [1.165, 1.54) is 0 Å². The van der Waals surface area contributed by atoms with Crippen molar-refractivity contribution in [1.82, 2.24) is 19.6 Å². The summed E-state index contributed by atoms with van der Waals surface area (Å²) in [7, 11) is 1.93. The van der Waals surface area contributed by atoms with Crippen molar-refractivity contribution >= 4 is 5.69 Å². The van der Waals surface area contributed by atoms with Crippen molar-refractivity contribution in [2.75, 3.05) is 5.73 Å². The number of hydrogen-bond acceptors (Lipinski definition) is 3. The number of rotatable bonds is 1.